The van der Waals surface area contributed by atoms with Gasteiger partial charge in [-0.25, -0.2) is 4.98 Å². The van der Waals surface area contributed by atoms with Crippen molar-refractivity contribution >= 4 is 34.5 Å². The molecule has 0 radical (unpaired) electrons. The Bertz CT molecular complexity index is 1040. The van der Waals surface area contributed by atoms with Crippen LogP contribution in [0, 0.1) is 5.92 Å². The SMILES string of the molecule is COc1ccc(OCC(=O)N2CCC(C(=O)NCCc3csc(-c4cccs4)n3)CC2)cc1. The number of methoxy groups -OCH3 is 1. The number of thiazole rings is 1. The molecule has 0 atom stereocenters. The van der Waals surface area contributed by atoms with Crippen molar-refractivity contribution in [2.75, 3.05) is 33.4 Å². The molecule has 0 bridgehead atoms. The molecule has 1 aromatic carbocycles. The van der Waals surface area contributed by atoms with E-state index in [0.29, 0.717) is 44.6 Å². The van der Waals surface area contributed by atoms with Crippen molar-refractivity contribution in [1.29, 1.82) is 0 Å². The molecular weight excluding hydrogens is 458 g/mol. The number of nitrogens with zero attached hydrogens (tertiary/aromatic N) is 2. The van der Waals surface area contributed by atoms with Crippen molar-refractivity contribution < 1.29 is 19.1 Å². The number of hydrogen-bond donors (Lipinski definition) is 1. The van der Waals surface area contributed by atoms with Crippen LogP contribution in [0.25, 0.3) is 9.88 Å². The molecule has 0 aliphatic carbocycles. The molecular formula is C24H27N3O4S2. The topological polar surface area (TPSA) is 80.8 Å². The van der Waals surface area contributed by atoms with Crippen LogP contribution in [0.4, 0.5) is 0 Å². The molecule has 1 saturated heterocycles. The minimum absolute atomic E-state index is 0.00963. The summed E-state index contributed by atoms with van der Waals surface area (Å²) in [4.78, 5) is 32.6. The molecule has 2 amide bonds. The Labute approximate surface area is 201 Å². The molecule has 1 aliphatic rings. The molecule has 2 aromatic heterocycles. The van der Waals surface area contributed by atoms with Crippen LogP contribution >= 0.6 is 22.7 Å². The first-order valence-corrected chi connectivity index (χ1v) is 12.7. The number of carbonyl (C=O) groups is 2. The van der Waals surface area contributed by atoms with Crippen LogP contribution in [0.1, 0.15) is 18.5 Å². The van der Waals surface area contributed by atoms with Crippen molar-refractivity contribution in [1.82, 2.24) is 15.2 Å². The minimum Gasteiger partial charge on any atom is -0.497 e. The van der Waals surface area contributed by atoms with E-state index in [1.54, 1.807) is 58.9 Å². The highest BCUT2D eigenvalue weighted by Gasteiger charge is 2.27. The molecule has 3 heterocycles. The summed E-state index contributed by atoms with van der Waals surface area (Å²) in [6, 6.07) is 11.2. The third-order valence-corrected chi connectivity index (χ3v) is 7.53. The number of ether oxygens (including phenoxy) is 2. The highest BCUT2D eigenvalue weighted by Crippen LogP contribution is 2.28. The van der Waals surface area contributed by atoms with Crippen LogP contribution in [0.5, 0.6) is 11.5 Å². The van der Waals surface area contributed by atoms with Crippen LogP contribution in [-0.2, 0) is 16.0 Å². The van der Waals surface area contributed by atoms with E-state index in [1.807, 2.05) is 11.4 Å². The van der Waals surface area contributed by atoms with Gasteiger partial charge in [-0.2, -0.15) is 0 Å². The molecule has 1 N–H and O–H groups in total. The van der Waals surface area contributed by atoms with Gasteiger partial charge in [0.25, 0.3) is 5.91 Å². The van der Waals surface area contributed by atoms with Gasteiger partial charge in [0.1, 0.15) is 16.5 Å². The number of nitrogens with one attached hydrogen (secondary N) is 1. The lowest BCUT2D eigenvalue weighted by molar-refractivity contribution is -0.137. The average Bonchev–Trinajstić information content (AvgIpc) is 3.55. The Kier molecular flexibility index (Phi) is 7.96. The second kappa shape index (κ2) is 11.3. The standard InChI is InChI=1S/C24H27N3O4S2/c1-30-19-4-6-20(7-5-19)31-15-22(28)27-12-9-17(10-13-27)23(29)25-11-8-18-16-33-24(26-18)21-3-2-14-32-21/h2-7,14,16-17H,8-13,15H2,1H3,(H,25,29). The third kappa shape index (κ3) is 6.33. The van der Waals surface area contributed by atoms with E-state index in [1.165, 1.54) is 4.88 Å². The van der Waals surface area contributed by atoms with E-state index in [9.17, 15) is 9.59 Å². The predicted octanol–water partition coefficient (Wildman–Crippen LogP) is 3.86. The molecule has 1 fully saturated rings. The number of amides is 2. The second-order valence-electron chi connectivity index (χ2n) is 7.78. The number of hydrogen-bond acceptors (Lipinski definition) is 7. The molecule has 0 unspecified atom stereocenters. The van der Waals surface area contributed by atoms with E-state index >= 15 is 0 Å². The van der Waals surface area contributed by atoms with Crippen LogP contribution in [0.3, 0.4) is 0 Å². The van der Waals surface area contributed by atoms with Gasteiger partial charge in [-0.15, -0.1) is 22.7 Å². The van der Waals surface area contributed by atoms with Gasteiger partial charge >= 0.3 is 0 Å². The lowest BCUT2D eigenvalue weighted by Gasteiger charge is -2.31. The van der Waals surface area contributed by atoms with Gasteiger partial charge in [-0.3, -0.25) is 9.59 Å². The summed E-state index contributed by atoms with van der Waals surface area (Å²) in [6.45, 7) is 1.70. The Morgan fingerprint density at radius 1 is 1.12 bits per heavy atom. The molecule has 7 nitrogen and oxygen atoms in total. The van der Waals surface area contributed by atoms with Crippen LogP contribution in [0.15, 0.2) is 47.2 Å². The fraction of sp³-hybridized carbons (Fsp3) is 0.375. The normalized spacial score (nSPS) is 14.2. The lowest BCUT2D eigenvalue weighted by Crippen LogP contribution is -2.44. The van der Waals surface area contributed by atoms with Crippen LogP contribution < -0.4 is 14.8 Å². The molecule has 0 saturated carbocycles. The first-order valence-electron chi connectivity index (χ1n) is 10.9. The van der Waals surface area contributed by atoms with Crippen molar-refractivity contribution in [3.8, 4) is 21.4 Å². The summed E-state index contributed by atoms with van der Waals surface area (Å²) in [5.74, 6) is 1.30. The first-order chi connectivity index (χ1) is 16.1. The van der Waals surface area contributed by atoms with E-state index in [-0.39, 0.29) is 24.3 Å². The van der Waals surface area contributed by atoms with E-state index in [0.717, 1.165) is 16.5 Å². The van der Waals surface area contributed by atoms with Gasteiger partial charge < -0.3 is 19.7 Å². The summed E-state index contributed by atoms with van der Waals surface area (Å²) < 4.78 is 10.7. The van der Waals surface area contributed by atoms with Crippen molar-refractivity contribution in [3.63, 3.8) is 0 Å². The minimum atomic E-state index is -0.0614. The Morgan fingerprint density at radius 3 is 2.58 bits per heavy atom. The van der Waals surface area contributed by atoms with Gasteiger partial charge in [0.2, 0.25) is 5.91 Å². The van der Waals surface area contributed by atoms with Gasteiger partial charge in [-0.1, -0.05) is 6.07 Å². The molecule has 3 aromatic rings. The van der Waals surface area contributed by atoms with E-state index in [2.05, 4.69) is 21.7 Å². The predicted molar refractivity (Wildman–Crippen MR) is 130 cm³/mol. The van der Waals surface area contributed by atoms with Crippen molar-refractivity contribution in [2.45, 2.75) is 19.3 Å². The van der Waals surface area contributed by atoms with Crippen molar-refractivity contribution in [2.24, 2.45) is 5.92 Å². The summed E-state index contributed by atoms with van der Waals surface area (Å²) >= 11 is 3.31. The average molecular weight is 486 g/mol. The number of rotatable bonds is 9. The fourth-order valence-corrected chi connectivity index (χ4v) is 5.36. The lowest BCUT2D eigenvalue weighted by atomic mass is 9.96. The van der Waals surface area contributed by atoms with Gasteiger partial charge in [0.15, 0.2) is 6.61 Å². The smallest absolute Gasteiger partial charge is 0.260 e. The van der Waals surface area contributed by atoms with Crippen LogP contribution in [-0.4, -0.2) is 55.0 Å². The number of benzene rings is 1. The highest BCUT2D eigenvalue weighted by atomic mass is 32.1. The molecule has 0 spiro atoms. The quantitative estimate of drug-likeness (QED) is 0.498. The Balaban J connectivity index is 1.14. The van der Waals surface area contributed by atoms with Crippen molar-refractivity contribution in [3.05, 3.63) is 52.9 Å². The maximum Gasteiger partial charge on any atom is 0.260 e. The number of carbonyl (C=O) groups excluding carboxylic acids is 2. The maximum atomic E-state index is 12.6. The van der Waals surface area contributed by atoms with Crippen LogP contribution in [0.2, 0.25) is 0 Å². The molecule has 9 heteroatoms. The summed E-state index contributed by atoms with van der Waals surface area (Å²) in [6.07, 6.45) is 2.05. The second-order valence-corrected chi connectivity index (χ2v) is 9.59. The highest BCUT2D eigenvalue weighted by molar-refractivity contribution is 7.20. The van der Waals surface area contributed by atoms with E-state index in [4.69, 9.17) is 9.47 Å². The third-order valence-electron chi connectivity index (χ3n) is 5.60. The molecule has 4 rings (SSSR count). The summed E-state index contributed by atoms with van der Waals surface area (Å²) in [5.41, 5.74) is 1.00. The zero-order valence-corrected chi connectivity index (χ0v) is 20.1. The summed E-state index contributed by atoms with van der Waals surface area (Å²) in [5, 5.41) is 8.16. The molecule has 174 valence electrons. The maximum absolute atomic E-state index is 12.6. The zero-order chi connectivity index (χ0) is 23.0. The van der Waals surface area contributed by atoms with Gasteiger partial charge in [0.05, 0.1) is 17.7 Å². The Morgan fingerprint density at radius 2 is 1.88 bits per heavy atom. The number of piperidine rings is 1. The molecule has 33 heavy (non-hydrogen) atoms. The largest absolute Gasteiger partial charge is 0.497 e. The monoisotopic (exact) mass is 485 g/mol. The molecule has 1 aliphatic heterocycles. The Hall–Kier alpha value is -2.91. The summed E-state index contributed by atoms with van der Waals surface area (Å²) in [7, 11) is 1.60. The first kappa shape index (κ1) is 23.3. The number of thiophene rings is 1. The number of aromatic nitrogens is 1. The number of likely N-dealkylation sites (tertiary alicyclic amines) is 1. The zero-order valence-electron chi connectivity index (χ0n) is 18.5. The van der Waals surface area contributed by atoms with E-state index < -0.39 is 0 Å². The van der Waals surface area contributed by atoms with Gasteiger partial charge in [0, 0.05) is 37.4 Å². The fourth-order valence-electron chi connectivity index (χ4n) is 3.69. The van der Waals surface area contributed by atoms with Gasteiger partial charge in [-0.05, 0) is 48.6 Å².